The summed E-state index contributed by atoms with van der Waals surface area (Å²) < 4.78 is 33.4. The third-order valence-electron chi connectivity index (χ3n) is 3.12. The van der Waals surface area contributed by atoms with Crippen LogP contribution in [0.5, 0.6) is 5.75 Å². The smallest absolute Gasteiger partial charge is 0.279 e. The number of hydrogen-bond acceptors (Lipinski definition) is 4. The van der Waals surface area contributed by atoms with Crippen LogP contribution in [0.25, 0.3) is 0 Å². The van der Waals surface area contributed by atoms with Gasteiger partial charge in [0, 0.05) is 25.7 Å². The molecule has 6 nitrogen and oxygen atoms in total. The molecule has 0 aromatic heterocycles. The van der Waals surface area contributed by atoms with Gasteiger partial charge in [0.25, 0.3) is 10.2 Å². The van der Waals surface area contributed by atoms with Gasteiger partial charge in [-0.2, -0.15) is 17.4 Å². The Morgan fingerprint density at radius 1 is 1.29 bits per heavy atom. The highest BCUT2D eigenvalue weighted by atomic mass is 32.2. The third-order valence-corrected chi connectivity index (χ3v) is 4.64. The van der Waals surface area contributed by atoms with Gasteiger partial charge in [-0.1, -0.05) is 25.1 Å². The molecule has 0 amide bonds. The molecule has 0 radical (unpaired) electrons. The van der Waals surface area contributed by atoms with Crippen molar-refractivity contribution in [3.63, 3.8) is 0 Å². The summed E-state index contributed by atoms with van der Waals surface area (Å²) in [6.45, 7) is 4.42. The van der Waals surface area contributed by atoms with Crippen molar-refractivity contribution in [2.75, 3.05) is 33.8 Å². The minimum atomic E-state index is -3.47. The molecule has 1 aromatic rings. The van der Waals surface area contributed by atoms with E-state index in [1.165, 1.54) is 4.31 Å². The number of para-hydroxylation sites is 1. The van der Waals surface area contributed by atoms with Crippen LogP contribution in [0, 0.1) is 0 Å². The Balaban J connectivity index is 2.52. The second-order valence-corrected chi connectivity index (χ2v) is 6.53. The predicted molar refractivity (Wildman–Crippen MR) is 84.5 cm³/mol. The fourth-order valence-electron chi connectivity index (χ4n) is 1.85. The summed E-state index contributed by atoms with van der Waals surface area (Å²) in [6, 6.07) is 7.35. The Morgan fingerprint density at radius 3 is 2.67 bits per heavy atom. The van der Waals surface area contributed by atoms with E-state index >= 15 is 0 Å². The predicted octanol–water partition coefficient (Wildman–Crippen LogP) is 0.961. The molecule has 0 fully saturated rings. The van der Waals surface area contributed by atoms with Crippen LogP contribution in [-0.2, 0) is 16.8 Å². The molecule has 0 saturated heterocycles. The molecule has 0 aliphatic heterocycles. The van der Waals surface area contributed by atoms with E-state index < -0.39 is 10.2 Å². The van der Waals surface area contributed by atoms with E-state index in [1.54, 1.807) is 14.2 Å². The summed E-state index contributed by atoms with van der Waals surface area (Å²) in [6.07, 6.45) is 0.778. The molecule has 0 spiro atoms. The van der Waals surface area contributed by atoms with Gasteiger partial charge in [-0.15, -0.1) is 0 Å². The highest BCUT2D eigenvalue weighted by Crippen LogP contribution is 2.17. The van der Waals surface area contributed by atoms with Gasteiger partial charge in [-0.25, -0.2) is 0 Å². The lowest BCUT2D eigenvalue weighted by molar-refractivity contribution is 0.408. The lowest BCUT2D eigenvalue weighted by atomic mass is 10.2. The first-order chi connectivity index (χ1) is 10.0. The van der Waals surface area contributed by atoms with Crippen molar-refractivity contribution < 1.29 is 13.2 Å². The van der Waals surface area contributed by atoms with Crippen molar-refractivity contribution in [3.8, 4) is 5.75 Å². The van der Waals surface area contributed by atoms with Gasteiger partial charge in [-0.05, 0) is 25.6 Å². The Labute approximate surface area is 127 Å². The molecule has 0 bridgehead atoms. The third kappa shape index (κ3) is 6.01. The molecule has 0 heterocycles. The molecule has 7 heteroatoms. The van der Waals surface area contributed by atoms with Gasteiger partial charge in [-0.3, -0.25) is 0 Å². The number of nitrogens with one attached hydrogen (secondary N) is 2. The largest absolute Gasteiger partial charge is 0.496 e. The number of rotatable bonds is 10. The number of nitrogens with zero attached hydrogens (tertiary/aromatic N) is 1. The summed E-state index contributed by atoms with van der Waals surface area (Å²) in [5, 5.41) is 3.17. The maximum Gasteiger partial charge on any atom is 0.279 e. The first-order valence-electron chi connectivity index (χ1n) is 7.04. The van der Waals surface area contributed by atoms with Crippen molar-refractivity contribution in [2.45, 2.75) is 19.9 Å². The standard InChI is InChI=1S/C14H25N3O3S/c1-4-15-10-7-11-17(2)21(18,19)16-12-13-8-5-6-9-14(13)20-3/h5-6,8-9,15-16H,4,7,10-12H2,1-3H3. The van der Waals surface area contributed by atoms with Gasteiger partial charge in [0.05, 0.1) is 7.11 Å². The van der Waals surface area contributed by atoms with Gasteiger partial charge in [0.2, 0.25) is 0 Å². The van der Waals surface area contributed by atoms with Crippen LogP contribution < -0.4 is 14.8 Å². The number of methoxy groups -OCH3 is 1. The maximum atomic E-state index is 12.1. The first-order valence-corrected chi connectivity index (χ1v) is 8.48. The summed E-state index contributed by atoms with van der Waals surface area (Å²) in [5.41, 5.74) is 0.810. The molecular formula is C14H25N3O3S. The van der Waals surface area contributed by atoms with Crippen molar-refractivity contribution in [1.29, 1.82) is 0 Å². The van der Waals surface area contributed by atoms with E-state index in [0.29, 0.717) is 12.3 Å². The second-order valence-electron chi connectivity index (χ2n) is 4.67. The van der Waals surface area contributed by atoms with Crippen LogP contribution in [0.15, 0.2) is 24.3 Å². The summed E-state index contributed by atoms with van der Waals surface area (Å²) >= 11 is 0. The zero-order chi connectivity index (χ0) is 15.7. The van der Waals surface area contributed by atoms with Crippen molar-refractivity contribution in [2.24, 2.45) is 0 Å². The fraction of sp³-hybridized carbons (Fsp3) is 0.571. The average molecular weight is 315 g/mol. The van der Waals surface area contributed by atoms with Crippen LogP contribution in [0.2, 0.25) is 0 Å². The molecule has 0 saturated carbocycles. The van der Waals surface area contributed by atoms with Crippen LogP contribution in [0.3, 0.4) is 0 Å². The molecule has 0 atom stereocenters. The highest BCUT2D eigenvalue weighted by molar-refractivity contribution is 7.87. The van der Waals surface area contributed by atoms with E-state index in [4.69, 9.17) is 4.74 Å². The Hall–Kier alpha value is -1.15. The van der Waals surface area contributed by atoms with Crippen LogP contribution in [-0.4, -0.2) is 46.5 Å². The lowest BCUT2D eigenvalue weighted by Gasteiger charge is -2.18. The molecule has 21 heavy (non-hydrogen) atoms. The number of hydrogen-bond donors (Lipinski definition) is 2. The van der Waals surface area contributed by atoms with Crippen molar-refractivity contribution >= 4 is 10.2 Å². The SMILES string of the molecule is CCNCCCN(C)S(=O)(=O)NCc1ccccc1OC. The maximum absolute atomic E-state index is 12.1. The van der Waals surface area contributed by atoms with E-state index in [9.17, 15) is 8.42 Å². The van der Waals surface area contributed by atoms with E-state index in [-0.39, 0.29) is 6.54 Å². The quantitative estimate of drug-likeness (QED) is 0.631. The fourth-order valence-corrected chi connectivity index (χ4v) is 2.78. The Kier molecular flexibility index (Phi) is 7.66. The van der Waals surface area contributed by atoms with Crippen LogP contribution in [0.4, 0.5) is 0 Å². The van der Waals surface area contributed by atoms with Gasteiger partial charge in [0.15, 0.2) is 0 Å². The molecule has 1 aromatic carbocycles. The molecule has 0 unspecified atom stereocenters. The van der Waals surface area contributed by atoms with Crippen molar-refractivity contribution in [1.82, 2.24) is 14.3 Å². The summed E-state index contributed by atoms with van der Waals surface area (Å²) in [4.78, 5) is 0. The van der Waals surface area contributed by atoms with E-state index in [1.807, 2.05) is 31.2 Å². The molecule has 0 aliphatic carbocycles. The zero-order valence-corrected chi connectivity index (χ0v) is 13.7. The van der Waals surface area contributed by atoms with Gasteiger partial charge in [0.1, 0.15) is 5.75 Å². The van der Waals surface area contributed by atoms with Gasteiger partial charge >= 0.3 is 0 Å². The zero-order valence-electron chi connectivity index (χ0n) is 12.9. The normalized spacial score (nSPS) is 11.8. The Bertz CT molecular complexity index is 520. The number of ether oxygens (including phenoxy) is 1. The first kappa shape index (κ1) is 17.9. The summed E-state index contributed by atoms with van der Waals surface area (Å²) in [7, 11) is -0.321. The molecule has 2 N–H and O–H groups in total. The molecular weight excluding hydrogens is 290 g/mol. The Morgan fingerprint density at radius 2 is 2.00 bits per heavy atom. The van der Waals surface area contributed by atoms with Crippen LogP contribution in [0.1, 0.15) is 18.9 Å². The summed E-state index contributed by atoms with van der Waals surface area (Å²) in [5.74, 6) is 0.676. The van der Waals surface area contributed by atoms with E-state index in [2.05, 4.69) is 10.0 Å². The van der Waals surface area contributed by atoms with Gasteiger partial charge < -0.3 is 10.1 Å². The molecule has 120 valence electrons. The topological polar surface area (TPSA) is 70.7 Å². The van der Waals surface area contributed by atoms with Crippen LogP contribution >= 0.6 is 0 Å². The average Bonchev–Trinajstić information content (AvgIpc) is 2.49. The van der Waals surface area contributed by atoms with Crippen molar-refractivity contribution in [3.05, 3.63) is 29.8 Å². The minimum absolute atomic E-state index is 0.212. The highest BCUT2D eigenvalue weighted by Gasteiger charge is 2.17. The minimum Gasteiger partial charge on any atom is -0.496 e. The molecule has 1 rings (SSSR count). The lowest BCUT2D eigenvalue weighted by Crippen LogP contribution is -2.39. The molecule has 0 aliphatic rings. The monoisotopic (exact) mass is 315 g/mol. The van der Waals surface area contributed by atoms with E-state index in [0.717, 1.165) is 25.1 Å². The number of benzene rings is 1. The second kappa shape index (κ2) is 8.99.